The molecule has 0 amide bonds. The van der Waals surface area contributed by atoms with Gasteiger partial charge >= 0.3 is 5.97 Å². The maximum absolute atomic E-state index is 10.3. The highest BCUT2D eigenvalue weighted by Gasteiger charge is 2.09. The van der Waals surface area contributed by atoms with E-state index >= 15 is 0 Å². The van der Waals surface area contributed by atoms with E-state index in [0.717, 1.165) is 0 Å². The van der Waals surface area contributed by atoms with E-state index in [9.17, 15) is 4.79 Å². The number of hydrogen-bond donors (Lipinski definition) is 4. The fraction of sp³-hybridized carbons (Fsp3) is 0.714. The van der Waals surface area contributed by atoms with Crippen LogP contribution in [0.25, 0.3) is 0 Å². The number of hydrogen-bond acceptors (Lipinski definition) is 4. The first-order chi connectivity index (χ1) is 6.54. The summed E-state index contributed by atoms with van der Waals surface area (Å²) in [5, 5.41) is 11.7. The molecular weight excluding hydrogens is 188 g/mol. The fourth-order valence-corrected chi connectivity index (χ4v) is 0.775. The minimum atomic E-state index is -0.991. The van der Waals surface area contributed by atoms with E-state index in [-0.39, 0.29) is 5.96 Å². The summed E-state index contributed by atoms with van der Waals surface area (Å²) in [7, 11) is 0. The predicted molar refractivity (Wildman–Crippen MR) is 51.2 cm³/mol. The van der Waals surface area contributed by atoms with Crippen LogP contribution in [0.5, 0.6) is 0 Å². The molecule has 7 N–H and O–H groups in total. The molecule has 0 fully saturated rings. The van der Waals surface area contributed by atoms with Crippen molar-refractivity contribution in [2.45, 2.75) is 25.3 Å². The summed E-state index contributed by atoms with van der Waals surface area (Å²) in [4.78, 5) is 15.0. The number of oxime groups is 1. The van der Waals surface area contributed by atoms with E-state index < -0.39 is 12.0 Å². The first-order valence-corrected chi connectivity index (χ1v) is 4.23. The number of carboxylic acid groups (broad SMARTS) is 1. The molecule has 0 saturated heterocycles. The summed E-state index contributed by atoms with van der Waals surface area (Å²) in [6.45, 7) is 0.351. The molecule has 0 rings (SSSR count). The Bertz CT molecular complexity index is 203. The number of nitrogens with zero attached hydrogens (tertiary/aromatic N) is 1. The van der Waals surface area contributed by atoms with Crippen molar-refractivity contribution in [2.24, 2.45) is 22.4 Å². The number of carboxylic acids is 1. The molecule has 1 atom stereocenters. The highest BCUT2D eigenvalue weighted by atomic mass is 16.6. The third kappa shape index (κ3) is 7.17. The Balaban J connectivity index is 3.30. The zero-order valence-electron chi connectivity index (χ0n) is 7.85. The summed E-state index contributed by atoms with van der Waals surface area (Å²) in [5.74, 6) is -1.12. The predicted octanol–water partition coefficient (Wildman–Crippen LogP) is -1.23. The Labute approximate surface area is 81.9 Å². The van der Waals surface area contributed by atoms with Gasteiger partial charge in [0, 0.05) is 0 Å². The zero-order valence-corrected chi connectivity index (χ0v) is 7.85. The second-order valence-electron chi connectivity index (χ2n) is 2.79. The van der Waals surface area contributed by atoms with Gasteiger partial charge < -0.3 is 27.1 Å². The maximum atomic E-state index is 10.3. The van der Waals surface area contributed by atoms with Gasteiger partial charge in [0.1, 0.15) is 12.6 Å². The molecule has 0 aromatic heterocycles. The Hall–Kier alpha value is -1.50. The van der Waals surface area contributed by atoms with E-state index in [1.165, 1.54) is 0 Å². The third-order valence-corrected chi connectivity index (χ3v) is 1.49. The number of carbonyl (C=O) groups is 1. The Morgan fingerprint density at radius 1 is 1.43 bits per heavy atom. The molecule has 0 saturated carbocycles. The van der Waals surface area contributed by atoms with Crippen LogP contribution in [-0.2, 0) is 9.63 Å². The smallest absolute Gasteiger partial charge is 0.320 e. The van der Waals surface area contributed by atoms with Crippen molar-refractivity contribution in [2.75, 3.05) is 6.61 Å². The number of guanidine groups is 1. The fourth-order valence-electron chi connectivity index (χ4n) is 0.775. The molecule has 0 aromatic carbocycles. The second kappa shape index (κ2) is 6.96. The molecule has 7 heteroatoms. The molecule has 82 valence electrons. The van der Waals surface area contributed by atoms with Gasteiger partial charge in [-0.15, -0.1) is 0 Å². The van der Waals surface area contributed by atoms with Crippen LogP contribution < -0.4 is 17.2 Å². The van der Waals surface area contributed by atoms with Gasteiger partial charge in [0.25, 0.3) is 0 Å². The van der Waals surface area contributed by atoms with Crippen molar-refractivity contribution in [1.82, 2.24) is 0 Å². The summed E-state index contributed by atoms with van der Waals surface area (Å²) < 4.78 is 0. The van der Waals surface area contributed by atoms with Crippen molar-refractivity contribution in [3.8, 4) is 0 Å². The molecule has 0 heterocycles. The van der Waals surface area contributed by atoms with E-state index in [2.05, 4.69) is 9.99 Å². The molecule has 14 heavy (non-hydrogen) atoms. The van der Waals surface area contributed by atoms with Crippen molar-refractivity contribution >= 4 is 11.9 Å². The van der Waals surface area contributed by atoms with Gasteiger partial charge in [-0.3, -0.25) is 4.79 Å². The van der Waals surface area contributed by atoms with E-state index in [4.69, 9.17) is 22.3 Å². The van der Waals surface area contributed by atoms with Gasteiger partial charge in [-0.05, 0) is 24.4 Å². The molecule has 0 bridgehead atoms. The van der Waals surface area contributed by atoms with Crippen molar-refractivity contribution < 1.29 is 14.7 Å². The minimum absolute atomic E-state index is 0.132. The van der Waals surface area contributed by atoms with Crippen LogP contribution in [0.15, 0.2) is 5.16 Å². The first kappa shape index (κ1) is 12.5. The topological polar surface area (TPSA) is 137 Å². The largest absolute Gasteiger partial charge is 0.480 e. The summed E-state index contributed by atoms with van der Waals surface area (Å²) in [6.07, 6.45) is 1.74. The summed E-state index contributed by atoms with van der Waals surface area (Å²) in [6, 6.07) is -0.807. The SMILES string of the molecule is NC(N)=NOCCCCC(N)C(=O)O. The number of aliphatic carboxylic acids is 1. The maximum Gasteiger partial charge on any atom is 0.320 e. The second-order valence-corrected chi connectivity index (χ2v) is 2.79. The number of unbranched alkanes of at least 4 members (excludes halogenated alkanes) is 1. The van der Waals surface area contributed by atoms with Gasteiger partial charge in [0.05, 0.1) is 0 Å². The van der Waals surface area contributed by atoms with Gasteiger partial charge in [0.2, 0.25) is 5.96 Å². The monoisotopic (exact) mass is 204 g/mol. The Morgan fingerprint density at radius 2 is 2.07 bits per heavy atom. The molecule has 0 aromatic rings. The molecule has 0 aliphatic rings. The van der Waals surface area contributed by atoms with Crippen LogP contribution in [0.4, 0.5) is 0 Å². The lowest BCUT2D eigenvalue weighted by Crippen LogP contribution is -2.29. The normalized spacial score (nSPS) is 11.8. The Morgan fingerprint density at radius 3 is 2.57 bits per heavy atom. The van der Waals surface area contributed by atoms with E-state index in [0.29, 0.717) is 25.9 Å². The van der Waals surface area contributed by atoms with E-state index in [1.54, 1.807) is 0 Å². The molecular formula is C7H16N4O3. The summed E-state index contributed by atoms with van der Waals surface area (Å²) in [5.41, 5.74) is 15.3. The van der Waals surface area contributed by atoms with Crippen LogP contribution in [-0.4, -0.2) is 29.7 Å². The van der Waals surface area contributed by atoms with Gasteiger partial charge in [-0.25, -0.2) is 0 Å². The standard InChI is InChI=1S/C7H16N4O3/c8-5(6(12)13)3-1-2-4-14-11-7(9)10/h5H,1-4,8H2,(H,12,13)(H4,9,10,11). The van der Waals surface area contributed by atoms with Gasteiger partial charge in [-0.1, -0.05) is 0 Å². The highest BCUT2D eigenvalue weighted by molar-refractivity contribution is 5.74. The summed E-state index contributed by atoms with van der Waals surface area (Å²) >= 11 is 0. The average molecular weight is 204 g/mol. The van der Waals surface area contributed by atoms with Gasteiger partial charge in [-0.2, -0.15) is 0 Å². The Kier molecular flexibility index (Phi) is 6.21. The van der Waals surface area contributed by atoms with Crippen LogP contribution in [0, 0.1) is 0 Å². The lowest BCUT2D eigenvalue weighted by atomic mass is 10.1. The minimum Gasteiger partial charge on any atom is -0.480 e. The third-order valence-electron chi connectivity index (χ3n) is 1.49. The van der Waals surface area contributed by atoms with Crippen molar-refractivity contribution in [3.05, 3.63) is 0 Å². The molecule has 0 spiro atoms. The van der Waals surface area contributed by atoms with Crippen LogP contribution in [0.1, 0.15) is 19.3 Å². The number of rotatable bonds is 7. The first-order valence-electron chi connectivity index (χ1n) is 4.23. The molecule has 0 aliphatic carbocycles. The lowest BCUT2D eigenvalue weighted by molar-refractivity contribution is -0.138. The number of nitrogens with two attached hydrogens (primary N) is 3. The van der Waals surface area contributed by atoms with Crippen LogP contribution in [0.2, 0.25) is 0 Å². The molecule has 0 radical (unpaired) electrons. The quantitative estimate of drug-likeness (QED) is 0.177. The molecule has 1 unspecified atom stereocenters. The molecule has 7 nitrogen and oxygen atoms in total. The van der Waals surface area contributed by atoms with Crippen LogP contribution in [0.3, 0.4) is 0 Å². The lowest BCUT2D eigenvalue weighted by Gasteiger charge is -2.04. The molecule has 0 aliphatic heterocycles. The van der Waals surface area contributed by atoms with Crippen molar-refractivity contribution in [3.63, 3.8) is 0 Å². The highest BCUT2D eigenvalue weighted by Crippen LogP contribution is 1.99. The van der Waals surface area contributed by atoms with Crippen molar-refractivity contribution in [1.29, 1.82) is 0 Å². The average Bonchev–Trinajstić information content (AvgIpc) is 2.09. The van der Waals surface area contributed by atoms with Gasteiger partial charge in [0.15, 0.2) is 0 Å². The van der Waals surface area contributed by atoms with E-state index in [1.807, 2.05) is 0 Å². The zero-order chi connectivity index (χ0) is 11.0. The van der Waals surface area contributed by atoms with Crippen LogP contribution >= 0.6 is 0 Å².